The molecule has 0 radical (unpaired) electrons. The quantitative estimate of drug-likeness (QED) is 0.638. The second-order valence-electron chi connectivity index (χ2n) is 5.84. The Kier molecular flexibility index (Phi) is 5.70. The third-order valence-corrected chi connectivity index (χ3v) is 4.95. The molecule has 3 aromatic rings. The predicted octanol–water partition coefficient (Wildman–Crippen LogP) is 3.66. The lowest BCUT2D eigenvalue weighted by Gasteiger charge is -2.09. The molecule has 8 heteroatoms. The van der Waals surface area contributed by atoms with Crippen LogP contribution in [-0.4, -0.2) is 14.3 Å². The fourth-order valence-corrected chi connectivity index (χ4v) is 3.38. The summed E-state index contributed by atoms with van der Waals surface area (Å²) in [5.74, 6) is -2.67. The first-order valence-electron chi connectivity index (χ1n) is 8.16. The number of rotatable bonds is 6. The van der Waals surface area contributed by atoms with E-state index in [1.54, 1.807) is 0 Å². The lowest BCUT2D eigenvalue weighted by Crippen LogP contribution is -2.22. The highest BCUT2D eigenvalue weighted by Gasteiger charge is 2.19. The van der Waals surface area contributed by atoms with Crippen molar-refractivity contribution in [2.45, 2.75) is 11.4 Å². The van der Waals surface area contributed by atoms with Gasteiger partial charge in [0.2, 0.25) is 0 Å². The Morgan fingerprint density at radius 1 is 0.893 bits per heavy atom. The van der Waals surface area contributed by atoms with E-state index in [0.717, 1.165) is 5.56 Å². The predicted molar refractivity (Wildman–Crippen MR) is 98.2 cm³/mol. The zero-order valence-electron chi connectivity index (χ0n) is 14.4. The van der Waals surface area contributed by atoms with E-state index in [1.165, 1.54) is 24.3 Å². The van der Waals surface area contributed by atoms with Crippen molar-refractivity contribution in [1.82, 2.24) is 5.32 Å². The molecule has 5 nitrogen and oxygen atoms in total. The smallest absolute Gasteiger partial charge is 0.339 e. The van der Waals surface area contributed by atoms with E-state index in [4.69, 9.17) is 4.18 Å². The van der Waals surface area contributed by atoms with Gasteiger partial charge in [0.25, 0.3) is 5.91 Å². The summed E-state index contributed by atoms with van der Waals surface area (Å²) in [7, 11) is -4.47. The summed E-state index contributed by atoms with van der Waals surface area (Å²) in [6.45, 7) is 0.297. The average molecular weight is 403 g/mol. The molecule has 0 spiro atoms. The minimum Gasteiger partial charge on any atom is -0.379 e. The highest BCUT2D eigenvalue weighted by molar-refractivity contribution is 7.87. The van der Waals surface area contributed by atoms with Crippen molar-refractivity contribution in [2.24, 2.45) is 0 Å². The molecule has 0 aliphatic heterocycles. The van der Waals surface area contributed by atoms with Crippen molar-refractivity contribution in [3.63, 3.8) is 0 Å². The van der Waals surface area contributed by atoms with Crippen LogP contribution in [0.25, 0.3) is 0 Å². The van der Waals surface area contributed by atoms with E-state index in [9.17, 15) is 22.0 Å². The average Bonchev–Trinajstić information content (AvgIpc) is 2.66. The van der Waals surface area contributed by atoms with Crippen molar-refractivity contribution in [1.29, 1.82) is 0 Å². The van der Waals surface area contributed by atoms with Crippen LogP contribution in [0.4, 0.5) is 8.78 Å². The van der Waals surface area contributed by atoms with Gasteiger partial charge in [-0.2, -0.15) is 8.42 Å². The summed E-state index contributed by atoms with van der Waals surface area (Å²) >= 11 is 0. The molecule has 0 heterocycles. The van der Waals surface area contributed by atoms with Crippen LogP contribution in [0.3, 0.4) is 0 Å². The van der Waals surface area contributed by atoms with Gasteiger partial charge < -0.3 is 9.50 Å². The third kappa shape index (κ3) is 4.92. The lowest BCUT2D eigenvalue weighted by molar-refractivity contribution is 0.0950. The monoisotopic (exact) mass is 403 g/mol. The van der Waals surface area contributed by atoms with Gasteiger partial charge in [0.1, 0.15) is 22.3 Å². The highest BCUT2D eigenvalue weighted by Crippen LogP contribution is 2.21. The van der Waals surface area contributed by atoms with Crippen LogP contribution in [0.2, 0.25) is 0 Å². The molecule has 1 N–H and O–H groups in total. The van der Waals surface area contributed by atoms with Crippen molar-refractivity contribution in [3.05, 3.63) is 95.6 Å². The summed E-state index contributed by atoms with van der Waals surface area (Å²) in [4.78, 5) is 11.6. The SMILES string of the molecule is O=C(NCc1ccccc1)c1cccc(OS(=O)(=O)c2cc(F)cc(F)c2)c1. The molecule has 0 unspecified atom stereocenters. The molecular formula is C20H15F2NO4S. The van der Waals surface area contributed by atoms with Crippen LogP contribution < -0.4 is 9.50 Å². The maximum Gasteiger partial charge on any atom is 0.339 e. The number of hydrogen-bond donors (Lipinski definition) is 1. The summed E-state index contributed by atoms with van der Waals surface area (Å²) in [5, 5.41) is 2.71. The Balaban J connectivity index is 1.74. The van der Waals surface area contributed by atoms with Gasteiger partial charge in [-0.15, -0.1) is 0 Å². The van der Waals surface area contributed by atoms with E-state index in [0.29, 0.717) is 24.7 Å². The molecule has 3 rings (SSSR count). The van der Waals surface area contributed by atoms with Gasteiger partial charge in [-0.25, -0.2) is 8.78 Å². The maximum atomic E-state index is 13.3. The number of benzene rings is 3. The minimum atomic E-state index is -4.47. The van der Waals surface area contributed by atoms with E-state index in [-0.39, 0.29) is 11.3 Å². The fraction of sp³-hybridized carbons (Fsp3) is 0.0500. The van der Waals surface area contributed by atoms with Crippen molar-refractivity contribution in [2.75, 3.05) is 0 Å². The van der Waals surface area contributed by atoms with Gasteiger partial charge in [-0.05, 0) is 35.9 Å². The zero-order chi connectivity index (χ0) is 20.1. The topological polar surface area (TPSA) is 72.5 Å². The second kappa shape index (κ2) is 8.18. The number of amides is 1. The Bertz CT molecular complexity index is 1080. The van der Waals surface area contributed by atoms with Gasteiger partial charge in [0, 0.05) is 18.2 Å². The fourth-order valence-electron chi connectivity index (χ4n) is 2.42. The summed E-state index contributed by atoms with van der Waals surface area (Å²) in [6.07, 6.45) is 0. The lowest BCUT2D eigenvalue weighted by atomic mass is 10.2. The first kappa shape index (κ1) is 19.5. The number of carbonyl (C=O) groups is 1. The minimum absolute atomic E-state index is 0.156. The van der Waals surface area contributed by atoms with Gasteiger partial charge in [-0.1, -0.05) is 36.4 Å². The molecule has 0 aromatic heterocycles. The normalized spacial score (nSPS) is 11.1. The molecule has 0 fully saturated rings. The molecule has 0 bridgehead atoms. The van der Waals surface area contributed by atoms with Crippen LogP contribution in [0.1, 0.15) is 15.9 Å². The number of halogens is 2. The number of carbonyl (C=O) groups excluding carboxylic acids is 1. The van der Waals surface area contributed by atoms with Crippen LogP contribution in [0, 0.1) is 11.6 Å². The van der Waals surface area contributed by atoms with Gasteiger partial charge in [0.15, 0.2) is 0 Å². The standard InChI is InChI=1S/C20H15F2NO4S/c21-16-10-17(22)12-19(11-16)28(25,26)27-18-8-4-7-15(9-18)20(24)23-13-14-5-2-1-3-6-14/h1-12H,13H2,(H,23,24). The van der Waals surface area contributed by atoms with E-state index < -0.39 is 32.6 Å². The second-order valence-corrected chi connectivity index (χ2v) is 7.39. The van der Waals surface area contributed by atoms with E-state index >= 15 is 0 Å². The van der Waals surface area contributed by atoms with Gasteiger partial charge >= 0.3 is 10.1 Å². The summed E-state index contributed by atoms with van der Waals surface area (Å²) < 4.78 is 56.0. The van der Waals surface area contributed by atoms with Crippen molar-refractivity contribution >= 4 is 16.0 Å². The van der Waals surface area contributed by atoms with Crippen LogP contribution in [-0.2, 0) is 16.7 Å². The molecular weight excluding hydrogens is 388 g/mol. The molecule has 144 valence electrons. The first-order chi connectivity index (χ1) is 13.3. The van der Waals surface area contributed by atoms with Gasteiger partial charge in [0.05, 0.1) is 0 Å². The van der Waals surface area contributed by atoms with E-state index in [2.05, 4.69) is 5.32 Å². The third-order valence-electron chi connectivity index (χ3n) is 3.72. The largest absolute Gasteiger partial charge is 0.379 e. The number of hydrogen-bond acceptors (Lipinski definition) is 4. The van der Waals surface area contributed by atoms with E-state index in [1.807, 2.05) is 30.3 Å². The van der Waals surface area contributed by atoms with Crippen molar-refractivity contribution in [3.8, 4) is 5.75 Å². The Hall–Kier alpha value is -3.26. The Labute approximate surface area is 160 Å². The molecule has 1 amide bonds. The van der Waals surface area contributed by atoms with Crippen molar-refractivity contribution < 1.29 is 26.2 Å². The molecule has 0 aliphatic rings. The molecule has 28 heavy (non-hydrogen) atoms. The molecule has 0 atom stereocenters. The Morgan fingerprint density at radius 3 is 2.25 bits per heavy atom. The number of nitrogens with one attached hydrogen (secondary N) is 1. The van der Waals surface area contributed by atoms with Gasteiger partial charge in [-0.3, -0.25) is 4.79 Å². The van der Waals surface area contributed by atoms with Crippen LogP contribution in [0.5, 0.6) is 5.75 Å². The first-order valence-corrected chi connectivity index (χ1v) is 9.57. The molecule has 0 aliphatic carbocycles. The molecule has 0 saturated heterocycles. The molecule has 0 saturated carbocycles. The van der Waals surface area contributed by atoms with Crippen LogP contribution >= 0.6 is 0 Å². The van der Waals surface area contributed by atoms with Crippen LogP contribution in [0.15, 0.2) is 77.7 Å². The summed E-state index contributed by atoms with van der Waals surface area (Å²) in [6, 6.07) is 16.6. The zero-order valence-corrected chi connectivity index (χ0v) is 15.2. The highest BCUT2D eigenvalue weighted by atomic mass is 32.2. The maximum absolute atomic E-state index is 13.3. The molecule has 3 aromatic carbocycles. The summed E-state index contributed by atoms with van der Waals surface area (Å²) in [5.41, 5.74) is 1.08. The Morgan fingerprint density at radius 2 is 1.57 bits per heavy atom.